The van der Waals surface area contributed by atoms with Crippen molar-refractivity contribution >= 4 is 59.3 Å². The van der Waals surface area contributed by atoms with Crippen molar-refractivity contribution in [1.29, 1.82) is 0 Å². The monoisotopic (exact) mass is 669 g/mol. The highest BCUT2D eigenvalue weighted by Crippen LogP contribution is 2.51. The molecule has 0 fully saturated rings. The first-order chi connectivity index (χ1) is 25.0. The van der Waals surface area contributed by atoms with Gasteiger partial charge in [-0.15, -0.1) is 11.3 Å². The number of nitrogens with zero attached hydrogens (tertiary/aromatic N) is 1. The Bertz CT molecular complexity index is 2780. The molecule has 0 saturated heterocycles. The zero-order chi connectivity index (χ0) is 34.1. The number of thiophene rings is 1. The van der Waals surface area contributed by atoms with Crippen molar-refractivity contribution < 1.29 is 0 Å². The molecule has 0 unspecified atom stereocenters. The van der Waals surface area contributed by atoms with Gasteiger partial charge in [0.05, 0.1) is 0 Å². The highest BCUT2D eigenvalue weighted by atomic mass is 32.1. The fraction of sp³-hybridized carbons (Fsp3) is 0.0612. The Morgan fingerprint density at radius 2 is 1.02 bits per heavy atom. The number of hydrogen-bond donors (Lipinski definition) is 0. The van der Waals surface area contributed by atoms with Crippen LogP contribution >= 0.6 is 11.3 Å². The molecule has 2 heteroatoms. The second-order valence-corrected chi connectivity index (χ2v) is 15.3. The molecule has 0 radical (unpaired) electrons. The lowest BCUT2D eigenvalue weighted by molar-refractivity contribution is 0.660. The molecule has 0 saturated carbocycles. The molecule has 51 heavy (non-hydrogen) atoms. The van der Waals surface area contributed by atoms with E-state index in [9.17, 15) is 0 Å². The first kappa shape index (κ1) is 29.9. The summed E-state index contributed by atoms with van der Waals surface area (Å²) in [7, 11) is 0. The molecule has 1 aliphatic carbocycles. The average molecular weight is 670 g/mol. The van der Waals surface area contributed by atoms with Crippen molar-refractivity contribution in [2.75, 3.05) is 4.90 Å². The van der Waals surface area contributed by atoms with E-state index in [1.165, 1.54) is 81.1 Å². The number of anilines is 3. The lowest BCUT2D eigenvalue weighted by Gasteiger charge is -2.28. The van der Waals surface area contributed by atoms with Crippen LogP contribution < -0.4 is 4.90 Å². The molecule has 8 aromatic carbocycles. The Kier molecular flexibility index (Phi) is 6.78. The maximum absolute atomic E-state index is 2.43. The van der Waals surface area contributed by atoms with E-state index < -0.39 is 0 Å². The van der Waals surface area contributed by atoms with Gasteiger partial charge in [0.15, 0.2) is 0 Å². The molecule has 0 aliphatic heterocycles. The Labute approximate surface area is 302 Å². The highest BCUT2D eigenvalue weighted by Gasteiger charge is 2.35. The van der Waals surface area contributed by atoms with E-state index in [0.29, 0.717) is 0 Å². The fourth-order valence-corrected chi connectivity index (χ4v) is 9.32. The van der Waals surface area contributed by atoms with Gasteiger partial charge in [0.1, 0.15) is 0 Å². The molecule has 0 N–H and O–H groups in total. The maximum atomic E-state index is 2.43. The summed E-state index contributed by atoms with van der Waals surface area (Å²) in [4.78, 5) is 2.43. The summed E-state index contributed by atoms with van der Waals surface area (Å²) in [6, 6.07) is 64.9. The lowest BCUT2D eigenvalue weighted by atomic mass is 9.82. The van der Waals surface area contributed by atoms with Crippen LogP contribution in [-0.4, -0.2) is 0 Å². The molecule has 0 spiro atoms. The van der Waals surface area contributed by atoms with E-state index in [0.717, 1.165) is 11.4 Å². The van der Waals surface area contributed by atoms with Gasteiger partial charge in [0.2, 0.25) is 0 Å². The third-order valence-electron chi connectivity index (χ3n) is 10.9. The second kappa shape index (κ2) is 11.6. The molecule has 10 rings (SSSR count). The highest BCUT2D eigenvalue weighted by molar-refractivity contribution is 7.25. The minimum atomic E-state index is -0.0804. The largest absolute Gasteiger partial charge is 0.310 e. The molecule has 0 bridgehead atoms. The first-order valence-corrected chi connectivity index (χ1v) is 18.5. The quantitative estimate of drug-likeness (QED) is 0.176. The first-order valence-electron chi connectivity index (χ1n) is 17.7. The Morgan fingerprint density at radius 3 is 1.90 bits per heavy atom. The lowest BCUT2D eigenvalue weighted by Crippen LogP contribution is -2.16. The van der Waals surface area contributed by atoms with Gasteiger partial charge < -0.3 is 4.90 Å². The molecular formula is C49H35NS. The predicted octanol–water partition coefficient (Wildman–Crippen LogP) is 14.3. The van der Waals surface area contributed by atoms with Gasteiger partial charge in [-0.3, -0.25) is 0 Å². The molecule has 1 aromatic heterocycles. The SMILES string of the molecule is CC1(C)c2ccccc2-c2ccc(N(c3ccc(-c4cccc(-c5ccc6ccccc6c5)c4)cc3)c3ccc4c(c3)sc3ccccc34)cc21. The molecule has 0 atom stereocenters. The van der Waals surface area contributed by atoms with Crippen LogP contribution in [0.3, 0.4) is 0 Å². The van der Waals surface area contributed by atoms with E-state index in [2.05, 4.69) is 195 Å². The molecular weight excluding hydrogens is 635 g/mol. The van der Waals surface area contributed by atoms with Crippen molar-refractivity contribution in [3.8, 4) is 33.4 Å². The Morgan fingerprint density at radius 1 is 0.392 bits per heavy atom. The number of fused-ring (bicyclic) bond motifs is 7. The van der Waals surface area contributed by atoms with Crippen molar-refractivity contribution in [3.05, 3.63) is 187 Å². The van der Waals surface area contributed by atoms with Gasteiger partial charge in [-0.2, -0.15) is 0 Å². The summed E-state index contributed by atoms with van der Waals surface area (Å²) in [6.45, 7) is 4.71. The van der Waals surface area contributed by atoms with Crippen LogP contribution in [0.5, 0.6) is 0 Å². The smallest absolute Gasteiger partial charge is 0.0476 e. The van der Waals surface area contributed by atoms with Crippen molar-refractivity contribution in [2.45, 2.75) is 19.3 Å². The summed E-state index contributed by atoms with van der Waals surface area (Å²) in [5.41, 5.74) is 13.7. The maximum Gasteiger partial charge on any atom is 0.0476 e. The normalized spacial score (nSPS) is 13.1. The number of rotatable bonds is 5. The summed E-state index contributed by atoms with van der Waals surface area (Å²) < 4.78 is 2.62. The van der Waals surface area contributed by atoms with Gasteiger partial charge in [-0.05, 0) is 110 Å². The Hall–Kier alpha value is -5.96. The van der Waals surface area contributed by atoms with E-state index in [1.807, 2.05) is 11.3 Å². The molecule has 242 valence electrons. The van der Waals surface area contributed by atoms with Crippen LogP contribution in [0.2, 0.25) is 0 Å². The third kappa shape index (κ3) is 4.90. The van der Waals surface area contributed by atoms with Crippen molar-refractivity contribution in [3.63, 3.8) is 0 Å². The van der Waals surface area contributed by atoms with Gasteiger partial charge in [0.25, 0.3) is 0 Å². The van der Waals surface area contributed by atoms with Gasteiger partial charge in [-0.1, -0.05) is 135 Å². The molecule has 1 nitrogen and oxygen atoms in total. The minimum absolute atomic E-state index is 0.0804. The average Bonchev–Trinajstić information content (AvgIpc) is 3.66. The topological polar surface area (TPSA) is 3.24 Å². The van der Waals surface area contributed by atoms with Crippen LogP contribution in [-0.2, 0) is 5.41 Å². The summed E-state index contributed by atoms with van der Waals surface area (Å²) >= 11 is 1.87. The molecule has 0 amide bonds. The van der Waals surface area contributed by atoms with Gasteiger partial charge >= 0.3 is 0 Å². The summed E-state index contributed by atoms with van der Waals surface area (Å²) in [5, 5.41) is 5.16. The third-order valence-corrected chi connectivity index (χ3v) is 12.0. The van der Waals surface area contributed by atoms with Gasteiger partial charge in [0, 0.05) is 42.6 Å². The van der Waals surface area contributed by atoms with Crippen LogP contribution in [0.25, 0.3) is 64.3 Å². The summed E-state index contributed by atoms with van der Waals surface area (Å²) in [6.07, 6.45) is 0. The molecule has 9 aromatic rings. The standard InChI is InChI=1S/C49H35NS/c1-49(2)45-16-7-5-14-41(45)42-26-24-39(30-46(42)49)50(40-25-27-44-43-15-6-8-17-47(43)51-48(44)31-40)38-22-20-33(21-23-38)35-12-9-13-36(28-35)37-19-18-32-10-3-4-11-34(32)29-37/h3-31H,1-2H3. The molecule has 1 aliphatic rings. The van der Waals surface area contributed by atoms with Crippen molar-refractivity contribution in [2.24, 2.45) is 0 Å². The van der Waals surface area contributed by atoms with Crippen LogP contribution in [0, 0.1) is 0 Å². The van der Waals surface area contributed by atoms with Gasteiger partial charge in [-0.25, -0.2) is 0 Å². The van der Waals surface area contributed by atoms with E-state index in [-0.39, 0.29) is 5.41 Å². The fourth-order valence-electron chi connectivity index (χ4n) is 8.18. The van der Waals surface area contributed by atoms with Crippen LogP contribution in [0.15, 0.2) is 176 Å². The summed E-state index contributed by atoms with van der Waals surface area (Å²) in [5.74, 6) is 0. The van der Waals surface area contributed by atoms with Crippen LogP contribution in [0.4, 0.5) is 17.1 Å². The zero-order valence-corrected chi connectivity index (χ0v) is 29.4. The number of benzene rings is 8. The van der Waals surface area contributed by atoms with E-state index >= 15 is 0 Å². The van der Waals surface area contributed by atoms with Crippen molar-refractivity contribution in [1.82, 2.24) is 0 Å². The van der Waals surface area contributed by atoms with E-state index in [4.69, 9.17) is 0 Å². The Balaban J connectivity index is 1.07. The second-order valence-electron chi connectivity index (χ2n) is 14.2. The zero-order valence-electron chi connectivity index (χ0n) is 28.6. The van der Waals surface area contributed by atoms with E-state index in [1.54, 1.807) is 0 Å². The number of hydrogen-bond acceptors (Lipinski definition) is 2. The van der Waals surface area contributed by atoms with Crippen LogP contribution in [0.1, 0.15) is 25.0 Å². The predicted molar refractivity (Wildman–Crippen MR) is 220 cm³/mol. The minimum Gasteiger partial charge on any atom is -0.310 e. The molecule has 1 heterocycles.